The summed E-state index contributed by atoms with van der Waals surface area (Å²) in [7, 11) is 1.10. The number of benzene rings is 1. The van der Waals surface area contributed by atoms with E-state index in [4.69, 9.17) is 4.74 Å². The Kier molecular flexibility index (Phi) is 7.72. The van der Waals surface area contributed by atoms with Gasteiger partial charge >= 0.3 is 11.9 Å². The van der Waals surface area contributed by atoms with Crippen LogP contribution in [0.4, 0.5) is 4.39 Å². The molecule has 0 aliphatic carbocycles. The van der Waals surface area contributed by atoms with Gasteiger partial charge in [-0.1, -0.05) is 29.8 Å². The van der Waals surface area contributed by atoms with E-state index in [1.807, 2.05) is 0 Å². The second-order valence-electron chi connectivity index (χ2n) is 5.53. The molecular weight excluding hydrogens is 343 g/mol. The highest BCUT2D eigenvalue weighted by Gasteiger charge is 2.43. The number of nitriles is 1. The Labute approximate surface area is 151 Å². The van der Waals surface area contributed by atoms with Gasteiger partial charge in [0.1, 0.15) is 12.1 Å². The maximum atomic E-state index is 15.0. The molecule has 1 N–H and O–H groups in total. The summed E-state index contributed by atoms with van der Waals surface area (Å²) in [6, 6.07) is 5.82. The van der Waals surface area contributed by atoms with Gasteiger partial charge in [-0.05, 0) is 20.3 Å². The van der Waals surface area contributed by atoms with Gasteiger partial charge in [0.25, 0.3) is 11.6 Å². The highest BCUT2D eigenvalue weighted by molar-refractivity contribution is 5.93. The van der Waals surface area contributed by atoms with Crippen LogP contribution < -0.4 is 5.32 Å². The Balaban J connectivity index is 2.95. The second-order valence-corrected chi connectivity index (χ2v) is 5.53. The Morgan fingerprint density at radius 3 is 2.42 bits per heavy atom. The van der Waals surface area contributed by atoms with Gasteiger partial charge in [0, 0.05) is 12.0 Å². The van der Waals surface area contributed by atoms with E-state index in [-0.39, 0.29) is 25.0 Å². The zero-order chi connectivity index (χ0) is 19.7. The van der Waals surface area contributed by atoms with E-state index in [1.165, 1.54) is 18.2 Å². The van der Waals surface area contributed by atoms with Crippen molar-refractivity contribution in [1.29, 1.82) is 5.26 Å². The van der Waals surface area contributed by atoms with E-state index in [0.717, 1.165) is 12.7 Å². The number of carbonyl (C=O) groups is 3. The van der Waals surface area contributed by atoms with Crippen molar-refractivity contribution in [2.75, 3.05) is 13.7 Å². The molecule has 0 saturated heterocycles. The Bertz CT molecular complexity index is 699. The minimum atomic E-state index is -2.98. The van der Waals surface area contributed by atoms with Gasteiger partial charge in [-0.25, -0.2) is 9.18 Å². The van der Waals surface area contributed by atoms with Gasteiger partial charge < -0.3 is 14.8 Å². The van der Waals surface area contributed by atoms with Crippen molar-refractivity contribution in [2.45, 2.75) is 38.4 Å². The van der Waals surface area contributed by atoms with Crippen molar-refractivity contribution in [2.24, 2.45) is 0 Å². The van der Waals surface area contributed by atoms with Crippen LogP contribution in [0, 0.1) is 18.3 Å². The lowest BCUT2D eigenvalue weighted by Gasteiger charge is -2.22. The van der Waals surface area contributed by atoms with Crippen molar-refractivity contribution in [3.63, 3.8) is 0 Å². The van der Waals surface area contributed by atoms with Crippen LogP contribution in [-0.4, -0.2) is 37.6 Å². The number of rotatable bonds is 8. The predicted molar refractivity (Wildman–Crippen MR) is 89.4 cm³/mol. The molecule has 1 aromatic carbocycles. The van der Waals surface area contributed by atoms with Gasteiger partial charge in [-0.2, -0.15) is 5.26 Å². The third-order valence-electron chi connectivity index (χ3n) is 3.65. The number of esters is 2. The summed E-state index contributed by atoms with van der Waals surface area (Å²) in [5.41, 5.74) is -2.31. The molecular formula is C18H21FN2O5. The van der Waals surface area contributed by atoms with Crippen LogP contribution in [0.2, 0.25) is 0 Å². The lowest BCUT2D eigenvalue weighted by Crippen LogP contribution is -2.49. The van der Waals surface area contributed by atoms with Crippen molar-refractivity contribution < 1.29 is 28.2 Å². The van der Waals surface area contributed by atoms with Crippen LogP contribution in [0.25, 0.3) is 0 Å². The molecule has 2 atom stereocenters. The van der Waals surface area contributed by atoms with E-state index in [1.54, 1.807) is 26.0 Å². The smallest absolute Gasteiger partial charge is 0.328 e. The Hall–Kier alpha value is -2.95. The molecule has 0 radical (unpaired) electrons. The van der Waals surface area contributed by atoms with E-state index in [0.29, 0.717) is 0 Å². The maximum Gasteiger partial charge on any atom is 0.328 e. The summed E-state index contributed by atoms with van der Waals surface area (Å²) in [5, 5.41) is 11.4. The summed E-state index contributed by atoms with van der Waals surface area (Å²) >= 11 is 0. The number of halogens is 1. The molecule has 8 heteroatoms. The van der Waals surface area contributed by atoms with Crippen LogP contribution in [0.1, 0.15) is 30.9 Å². The second kappa shape index (κ2) is 9.51. The summed E-state index contributed by atoms with van der Waals surface area (Å²) in [4.78, 5) is 35.6. The molecule has 1 aromatic rings. The first kappa shape index (κ1) is 21.1. The van der Waals surface area contributed by atoms with Crippen molar-refractivity contribution in [3.8, 4) is 6.07 Å². The molecule has 0 saturated carbocycles. The maximum absolute atomic E-state index is 15.0. The van der Waals surface area contributed by atoms with E-state index in [9.17, 15) is 19.6 Å². The van der Waals surface area contributed by atoms with E-state index >= 15 is 4.39 Å². The largest absolute Gasteiger partial charge is 0.467 e. The number of nitrogens with zero attached hydrogens (tertiary/aromatic N) is 1. The van der Waals surface area contributed by atoms with Crippen LogP contribution in [-0.2, 0) is 29.5 Å². The number of alkyl halides is 1. The lowest BCUT2D eigenvalue weighted by atomic mass is 9.95. The molecule has 0 aromatic heterocycles. The molecule has 0 aliphatic heterocycles. The number of ether oxygens (including phenoxy) is 2. The van der Waals surface area contributed by atoms with Crippen molar-refractivity contribution in [1.82, 2.24) is 5.32 Å². The number of carbonyl (C=O) groups excluding carboxylic acids is 3. The molecule has 140 valence electrons. The van der Waals surface area contributed by atoms with Gasteiger partial charge in [-0.15, -0.1) is 0 Å². The third kappa shape index (κ3) is 5.28. The molecule has 26 heavy (non-hydrogen) atoms. The fourth-order valence-electron chi connectivity index (χ4n) is 2.17. The first-order valence-corrected chi connectivity index (χ1v) is 8.00. The first-order chi connectivity index (χ1) is 12.3. The van der Waals surface area contributed by atoms with Crippen LogP contribution in [0.3, 0.4) is 0 Å². The summed E-state index contributed by atoms with van der Waals surface area (Å²) in [5.74, 6) is -2.73. The number of hydrogen-bond acceptors (Lipinski definition) is 6. The Morgan fingerprint density at radius 1 is 1.31 bits per heavy atom. The third-order valence-corrected chi connectivity index (χ3v) is 3.65. The summed E-state index contributed by atoms with van der Waals surface area (Å²) in [6.07, 6.45) is -0.323. The van der Waals surface area contributed by atoms with Crippen LogP contribution >= 0.6 is 0 Å². The average molecular weight is 364 g/mol. The molecule has 1 rings (SSSR count). The van der Waals surface area contributed by atoms with Crippen molar-refractivity contribution >= 4 is 17.8 Å². The number of nitrogens with one attached hydrogen (secondary N) is 1. The van der Waals surface area contributed by atoms with Crippen LogP contribution in [0.15, 0.2) is 24.3 Å². The summed E-state index contributed by atoms with van der Waals surface area (Å²) < 4.78 is 24.3. The lowest BCUT2D eigenvalue weighted by molar-refractivity contribution is -0.148. The molecule has 1 amide bonds. The average Bonchev–Trinajstić information content (AvgIpc) is 2.64. The number of aryl methyl sites for hydroxylation is 1. The highest BCUT2D eigenvalue weighted by atomic mass is 19.1. The molecule has 0 aliphatic rings. The zero-order valence-electron chi connectivity index (χ0n) is 14.9. The molecule has 0 heterocycles. The minimum absolute atomic E-state index is 0.146. The first-order valence-electron chi connectivity index (χ1n) is 8.00. The fraction of sp³-hybridized carbons (Fsp3) is 0.444. The molecule has 0 fully saturated rings. The van der Waals surface area contributed by atoms with Gasteiger partial charge in [0.05, 0.1) is 13.7 Å². The summed E-state index contributed by atoms with van der Waals surface area (Å²) in [6.45, 7) is 3.58. The fourth-order valence-corrected chi connectivity index (χ4v) is 2.17. The van der Waals surface area contributed by atoms with Crippen LogP contribution in [0.5, 0.6) is 0 Å². The molecule has 0 unspecified atom stereocenters. The van der Waals surface area contributed by atoms with Crippen molar-refractivity contribution in [3.05, 3.63) is 35.4 Å². The zero-order valence-corrected chi connectivity index (χ0v) is 14.9. The van der Waals surface area contributed by atoms with Gasteiger partial charge in [0.15, 0.2) is 0 Å². The molecule has 0 spiro atoms. The topological polar surface area (TPSA) is 105 Å². The minimum Gasteiger partial charge on any atom is -0.467 e. The standard InChI is InChI=1S/C18H21FN2O5/c1-4-26-15(22)10-9-14(16(23)25-3)21-17(24)18(19,11-20)13-7-5-12(2)6-8-13/h5-8,14H,4,9-10H2,1-3H3,(H,21,24)/t14-,18+/m0/s1. The quantitative estimate of drug-likeness (QED) is 0.704. The molecule has 7 nitrogen and oxygen atoms in total. The highest BCUT2D eigenvalue weighted by Crippen LogP contribution is 2.26. The number of amides is 1. The van der Waals surface area contributed by atoms with E-state index < -0.39 is 29.6 Å². The Morgan fingerprint density at radius 2 is 1.92 bits per heavy atom. The predicted octanol–water partition coefficient (Wildman–Crippen LogP) is 1.68. The monoisotopic (exact) mass is 364 g/mol. The molecule has 0 bridgehead atoms. The number of methoxy groups -OCH3 is 1. The normalized spacial score (nSPS) is 13.7. The van der Waals surface area contributed by atoms with E-state index in [2.05, 4.69) is 10.1 Å². The van der Waals surface area contributed by atoms with Gasteiger partial charge in [0.2, 0.25) is 0 Å². The number of hydrogen-bond donors (Lipinski definition) is 1. The SMILES string of the molecule is CCOC(=O)CC[C@H](NC(=O)[C@@](F)(C#N)c1ccc(C)cc1)C(=O)OC. The van der Waals surface area contributed by atoms with Gasteiger partial charge in [-0.3, -0.25) is 9.59 Å².